The molecule has 2 fully saturated rings. The van der Waals surface area contributed by atoms with Gasteiger partial charge in [0.15, 0.2) is 0 Å². The van der Waals surface area contributed by atoms with Gasteiger partial charge in [0.2, 0.25) is 0 Å². The second-order valence-corrected chi connectivity index (χ2v) is 7.28. The standard InChI is InChI=1S/C19H29N3O2/c1-20(2)12-17-8-9-22(14-17)19(23)18-15-21(10-11-24-18)13-16-6-4-3-5-7-16/h3-7,17-18H,8-15H2,1-2H3/t17-,18-/m0/s1. The average Bonchev–Trinajstić information content (AvgIpc) is 3.03. The van der Waals surface area contributed by atoms with Crippen LogP contribution in [0.4, 0.5) is 0 Å². The van der Waals surface area contributed by atoms with Gasteiger partial charge in [0.05, 0.1) is 6.61 Å². The van der Waals surface area contributed by atoms with E-state index < -0.39 is 0 Å². The number of carbonyl (C=O) groups excluding carboxylic acids is 1. The van der Waals surface area contributed by atoms with Gasteiger partial charge in [-0.3, -0.25) is 9.69 Å². The van der Waals surface area contributed by atoms with Gasteiger partial charge in [-0.25, -0.2) is 0 Å². The average molecular weight is 331 g/mol. The summed E-state index contributed by atoms with van der Waals surface area (Å²) in [6, 6.07) is 10.4. The van der Waals surface area contributed by atoms with Gasteiger partial charge >= 0.3 is 0 Å². The number of nitrogens with zero attached hydrogens (tertiary/aromatic N) is 3. The molecule has 0 unspecified atom stereocenters. The minimum atomic E-state index is -0.305. The first-order valence-corrected chi connectivity index (χ1v) is 8.93. The zero-order chi connectivity index (χ0) is 16.9. The maximum Gasteiger partial charge on any atom is 0.253 e. The van der Waals surface area contributed by atoms with Crippen molar-refractivity contribution in [3.8, 4) is 0 Å². The van der Waals surface area contributed by atoms with Gasteiger partial charge < -0.3 is 14.5 Å². The third kappa shape index (κ3) is 4.56. The predicted octanol–water partition coefficient (Wildman–Crippen LogP) is 1.30. The lowest BCUT2D eigenvalue weighted by Crippen LogP contribution is -2.50. The number of likely N-dealkylation sites (tertiary alicyclic amines) is 1. The Morgan fingerprint density at radius 2 is 2.00 bits per heavy atom. The molecule has 1 aromatic carbocycles. The van der Waals surface area contributed by atoms with Crippen LogP contribution >= 0.6 is 0 Å². The van der Waals surface area contributed by atoms with Gasteiger partial charge in [0, 0.05) is 39.3 Å². The van der Waals surface area contributed by atoms with Crippen LogP contribution in [-0.2, 0) is 16.1 Å². The normalized spacial score (nSPS) is 25.4. The van der Waals surface area contributed by atoms with E-state index in [1.165, 1.54) is 5.56 Å². The van der Waals surface area contributed by atoms with Crippen LogP contribution in [0.15, 0.2) is 30.3 Å². The summed E-state index contributed by atoms with van der Waals surface area (Å²) in [6.45, 7) is 5.90. The van der Waals surface area contributed by atoms with Crippen LogP contribution in [0.5, 0.6) is 0 Å². The van der Waals surface area contributed by atoms with Gasteiger partial charge in [-0.05, 0) is 32.0 Å². The fourth-order valence-corrected chi connectivity index (χ4v) is 3.74. The van der Waals surface area contributed by atoms with E-state index in [-0.39, 0.29) is 12.0 Å². The molecule has 1 amide bonds. The van der Waals surface area contributed by atoms with Crippen molar-refractivity contribution in [2.75, 3.05) is 53.4 Å². The van der Waals surface area contributed by atoms with Crippen LogP contribution in [0.3, 0.4) is 0 Å². The SMILES string of the molecule is CN(C)C[C@@H]1CCN(C(=O)[C@@H]2CN(Cc3ccccc3)CCO2)C1. The molecule has 0 N–H and O–H groups in total. The van der Waals surface area contributed by atoms with E-state index in [1.807, 2.05) is 11.0 Å². The third-order valence-electron chi connectivity index (χ3n) is 4.90. The molecule has 0 radical (unpaired) electrons. The molecule has 0 aliphatic carbocycles. The van der Waals surface area contributed by atoms with E-state index in [9.17, 15) is 4.79 Å². The molecular weight excluding hydrogens is 302 g/mol. The summed E-state index contributed by atoms with van der Waals surface area (Å²) in [4.78, 5) is 19.3. The fourth-order valence-electron chi connectivity index (χ4n) is 3.74. The molecule has 24 heavy (non-hydrogen) atoms. The summed E-state index contributed by atoms with van der Waals surface area (Å²) < 4.78 is 5.79. The predicted molar refractivity (Wildman–Crippen MR) is 94.7 cm³/mol. The van der Waals surface area contributed by atoms with Crippen molar-refractivity contribution >= 4 is 5.91 Å². The number of hydrogen-bond donors (Lipinski definition) is 0. The van der Waals surface area contributed by atoms with E-state index in [0.29, 0.717) is 19.1 Å². The number of ether oxygens (including phenoxy) is 1. The number of morpholine rings is 1. The number of amides is 1. The molecule has 2 saturated heterocycles. The molecule has 2 aliphatic rings. The third-order valence-corrected chi connectivity index (χ3v) is 4.90. The van der Waals surface area contributed by atoms with Crippen LogP contribution in [0.25, 0.3) is 0 Å². The zero-order valence-electron chi connectivity index (χ0n) is 14.9. The molecule has 0 aromatic heterocycles. The fraction of sp³-hybridized carbons (Fsp3) is 0.632. The number of benzene rings is 1. The topological polar surface area (TPSA) is 36.0 Å². The van der Waals surface area contributed by atoms with Crippen molar-refractivity contribution in [1.82, 2.24) is 14.7 Å². The number of carbonyl (C=O) groups is 1. The molecule has 2 heterocycles. The molecule has 0 spiro atoms. The summed E-state index contributed by atoms with van der Waals surface area (Å²) in [5.41, 5.74) is 1.29. The molecule has 0 saturated carbocycles. The minimum absolute atomic E-state index is 0.175. The monoisotopic (exact) mass is 331 g/mol. The van der Waals surface area contributed by atoms with Crippen molar-refractivity contribution in [3.63, 3.8) is 0 Å². The Kier molecular flexibility index (Phi) is 5.87. The van der Waals surface area contributed by atoms with Crippen LogP contribution in [0.2, 0.25) is 0 Å². The van der Waals surface area contributed by atoms with Crippen molar-refractivity contribution in [1.29, 1.82) is 0 Å². The van der Waals surface area contributed by atoms with Crippen molar-refractivity contribution in [2.45, 2.75) is 19.1 Å². The Morgan fingerprint density at radius 1 is 1.21 bits per heavy atom. The minimum Gasteiger partial charge on any atom is -0.366 e. The molecule has 5 nitrogen and oxygen atoms in total. The molecule has 3 rings (SSSR count). The first-order chi connectivity index (χ1) is 11.6. The molecule has 132 valence electrons. The van der Waals surface area contributed by atoms with Crippen LogP contribution in [0.1, 0.15) is 12.0 Å². The molecular formula is C19H29N3O2. The van der Waals surface area contributed by atoms with E-state index >= 15 is 0 Å². The van der Waals surface area contributed by atoms with Crippen LogP contribution in [-0.4, -0.2) is 80.1 Å². The second-order valence-electron chi connectivity index (χ2n) is 7.28. The Hall–Kier alpha value is -1.43. The van der Waals surface area contributed by atoms with E-state index in [1.54, 1.807) is 0 Å². The highest BCUT2D eigenvalue weighted by atomic mass is 16.5. The summed E-state index contributed by atoms with van der Waals surface area (Å²) in [7, 11) is 4.19. The quantitative estimate of drug-likeness (QED) is 0.815. The molecule has 2 atom stereocenters. The molecule has 0 bridgehead atoms. The lowest BCUT2D eigenvalue weighted by molar-refractivity contribution is -0.148. The smallest absolute Gasteiger partial charge is 0.253 e. The lowest BCUT2D eigenvalue weighted by atomic mass is 10.1. The van der Waals surface area contributed by atoms with Crippen molar-refractivity contribution in [3.05, 3.63) is 35.9 Å². The maximum absolute atomic E-state index is 12.8. The van der Waals surface area contributed by atoms with Crippen molar-refractivity contribution in [2.24, 2.45) is 5.92 Å². The van der Waals surface area contributed by atoms with E-state index in [4.69, 9.17) is 4.74 Å². The van der Waals surface area contributed by atoms with Gasteiger partial charge in [0.1, 0.15) is 6.10 Å². The Balaban J connectivity index is 1.52. The summed E-state index contributed by atoms with van der Waals surface area (Å²) in [5, 5.41) is 0. The molecule has 1 aromatic rings. The van der Waals surface area contributed by atoms with Crippen molar-refractivity contribution < 1.29 is 9.53 Å². The number of rotatable bonds is 5. The largest absolute Gasteiger partial charge is 0.366 e. The van der Waals surface area contributed by atoms with Gasteiger partial charge in [-0.2, -0.15) is 0 Å². The summed E-state index contributed by atoms with van der Waals surface area (Å²) >= 11 is 0. The zero-order valence-corrected chi connectivity index (χ0v) is 14.9. The highest BCUT2D eigenvalue weighted by Gasteiger charge is 2.34. The van der Waals surface area contributed by atoms with Gasteiger partial charge in [-0.1, -0.05) is 30.3 Å². The first kappa shape index (κ1) is 17.4. The Bertz CT molecular complexity index is 535. The van der Waals surface area contributed by atoms with Crippen LogP contribution < -0.4 is 0 Å². The lowest BCUT2D eigenvalue weighted by Gasteiger charge is -2.34. The maximum atomic E-state index is 12.8. The van der Waals surface area contributed by atoms with Crippen LogP contribution in [0, 0.1) is 5.92 Å². The van der Waals surface area contributed by atoms with E-state index in [2.05, 4.69) is 48.2 Å². The molecule has 5 heteroatoms. The second kappa shape index (κ2) is 8.10. The number of hydrogen-bond acceptors (Lipinski definition) is 4. The van der Waals surface area contributed by atoms with Gasteiger partial charge in [-0.15, -0.1) is 0 Å². The molecule has 2 aliphatic heterocycles. The van der Waals surface area contributed by atoms with E-state index in [0.717, 1.165) is 39.1 Å². The highest BCUT2D eigenvalue weighted by molar-refractivity contribution is 5.81. The summed E-state index contributed by atoms with van der Waals surface area (Å²) in [6.07, 6.45) is 0.797. The summed E-state index contributed by atoms with van der Waals surface area (Å²) in [5.74, 6) is 0.766. The Morgan fingerprint density at radius 3 is 2.75 bits per heavy atom. The highest BCUT2D eigenvalue weighted by Crippen LogP contribution is 2.20. The van der Waals surface area contributed by atoms with Gasteiger partial charge in [0.25, 0.3) is 5.91 Å². The Labute approximate surface area is 145 Å². The first-order valence-electron chi connectivity index (χ1n) is 8.93.